The molecule has 0 saturated heterocycles. The van der Waals surface area contributed by atoms with Gasteiger partial charge in [0.15, 0.2) is 0 Å². The molecule has 0 aliphatic carbocycles. The zero-order chi connectivity index (χ0) is 14.6. The summed E-state index contributed by atoms with van der Waals surface area (Å²) in [5.41, 5.74) is 2.71. The Bertz CT molecular complexity index is 584. The van der Waals surface area contributed by atoms with Crippen LogP contribution >= 0.6 is 0 Å². The predicted molar refractivity (Wildman–Crippen MR) is 71.2 cm³/mol. The Balaban J connectivity index is 3.61. The predicted octanol–water partition coefficient (Wildman–Crippen LogP) is 0.660. The van der Waals surface area contributed by atoms with Crippen LogP contribution in [0.3, 0.4) is 0 Å². The fraction of sp³-hybridized carbons (Fsp3) is 0.364. The molecule has 106 valence electrons. The number of aromatic carboxylic acids is 1. The monoisotopic (exact) mass is 287 g/mol. The summed E-state index contributed by atoms with van der Waals surface area (Å²) in [4.78, 5) is 10.8. The average Bonchev–Trinajstić information content (AvgIpc) is 2.33. The largest absolute Gasteiger partial charge is 0.478 e. The molecule has 1 aromatic rings. The molecule has 0 fully saturated rings. The number of nitrogens with one attached hydrogen (secondary N) is 1. The van der Waals surface area contributed by atoms with Gasteiger partial charge in [0.1, 0.15) is 4.90 Å². The van der Waals surface area contributed by atoms with Crippen molar-refractivity contribution < 1.29 is 18.3 Å². The molecule has 19 heavy (non-hydrogen) atoms. The number of benzene rings is 1. The van der Waals surface area contributed by atoms with Crippen molar-refractivity contribution in [2.24, 2.45) is 11.0 Å². The normalized spacial score (nSPS) is 11.3. The molecule has 0 aliphatic heterocycles. The van der Waals surface area contributed by atoms with Crippen molar-refractivity contribution in [3.8, 4) is 0 Å². The van der Waals surface area contributed by atoms with E-state index in [2.05, 4.69) is 5.43 Å². The van der Waals surface area contributed by atoms with E-state index >= 15 is 0 Å². The maximum Gasteiger partial charge on any atom is 0.337 e. The Kier molecular flexibility index (Phi) is 4.87. The Morgan fingerprint density at radius 3 is 2.47 bits per heavy atom. The number of hydrazine groups is 1. The maximum absolute atomic E-state index is 11.7. The molecule has 1 rings (SSSR count). The van der Waals surface area contributed by atoms with Crippen LogP contribution in [0.25, 0.3) is 0 Å². The zero-order valence-corrected chi connectivity index (χ0v) is 11.3. The third-order valence-electron chi connectivity index (χ3n) is 2.71. The lowest BCUT2D eigenvalue weighted by atomic mass is 10.0. The number of nitrogens with two attached hydrogens (primary N) is 2. The second-order valence-electron chi connectivity index (χ2n) is 4.07. The van der Waals surface area contributed by atoms with Crippen molar-refractivity contribution in [1.82, 2.24) is 0 Å². The third kappa shape index (κ3) is 3.43. The first-order chi connectivity index (χ1) is 8.82. The molecule has 0 unspecified atom stereocenters. The molecule has 0 atom stereocenters. The Morgan fingerprint density at radius 1 is 1.42 bits per heavy atom. The molecule has 8 heteroatoms. The number of nitrogen functional groups attached to an aromatic ring is 1. The first kappa shape index (κ1) is 15.4. The van der Waals surface area contributed by atoms with Gasteiger partial charge < -0.3 is 10.5 Å². The summed E-state index contributed by atoms with van der Waals surface area (Å²) in [6, 6.07) is 2.61. The van der Waals surface area contributed by atoms with Crippen molar-refractivity contribution in [3.05, 3.63) is 23.3 Å². The van der Waals surface area contributed by atoms with Gasteiger partial charge in [-0.1, -0.05) is 13.3 Å². The molecule has 0 heterocycles. The number of carboxylic acids is 1. The lowest BCUT2D eigenvalue weighted by Crippen LogP contribution is -2.21. The molecule has 0 saturated carbocycles. The number of sulfonamides is 1. The van der Waals surface area contributed by atoms with Gasteiger partial charge in [-0.15, -0.1) is 0 Å². The Hall–Kier alpha value is -1.64. The number of hydrogen-bond donors (Lipinski definition) is 4. The van der Waals surface area contributed by atoms with Crippen LogP contribution in [0, 0.1) is 0 Å². The molecule has 0 amide bonds. The van der Waals surface area contributed by atoms with Crippen LogP contribution in [0.4, 0.5) is 5.69 Å². The average molecular weight is 287 g/mol. The number of hydrogen-bond acceptors (Lipinski definition) is 5. The summed E-state index contributed by atoms with van der Waals surface area (Å²) in [5.74, 6) is 3.99. The SMILES string of the molecule is CCCCc1c(NN)ccc(C(=O)O)c1S(N)(=O)=O. The lowest BCUT2D eigenvalue weighted by molar-refractivity contribution is 0.0692. The van der Waals surface area contributed by atoms with Crippen molar-refractivity contribution in [2.45, 2.75) is 31.1 Å². The number of unbranched alkanes of at least 4 members (excludes halogenated alkanes) is 1. The van der Waals surface area contributed by atoms with Crippen molar-refractivity contribution >= 4 is 21.7 Å². The van der Waals surface area contributed by atoms with Crippen LogP contribution in [0.1, 0.15) is 35.7 Å². The minimum atomic E-state index is -4.15. The highest BCUT2D eigenvalue weighted by atomic mass is 32.2. The molecule has 0 radical (unpaired) electrons. The van der Waals surface area contributed by atoms with Crippen LogP contribution in [-0.4, -0.2) is 19.5 Å². The van der Waals surface area contributed by atoms with E-state index in [1.807, 2.05) is 6.92 Å². The summed E-state index contributed by atoms with van der Waals surface area (Å²) < 4.78 is 23.3. The summed E-state index contributed by atoms with van der Waals surface area (Å²) in [6.07, 6.45) is 1.90. The van der Waals surface area contributed by atoms with E-state index in [4.69, 9.17) is 16.1 Å². The minimum Gasteiger partial charge on any atom is -0.478 e. The van der Waals surface area contributed by atoms with Crippen molar-refractivity contribution in [3.63, 3.8) is 0 Å². The van der Waals surface area contributed by atoms with Crippen molar-refractivity contribution in [2.75, 3.05) is 5.43 Å². The first-order valence-corrected chi connectivity index (χ1v) is 7.26. The van der Waals surface area contributed by atoms with Gasteiger partial charge >= 0.3 is 5.97 Å². The van der Waals surface area contributed by atoms with E-state index in [1.165, 1.54) is 12.1 Å². The highest BCUT2D eigenvalue weighted by molar-refractivity contribution is 7.89. The number of carbonyl (C=O) groups is 1. The van der Waals surface area contributed by atoms with E-state index in [9.17, 15) is 13.2 Å². The Labute approximate surface area is 111 Å². The van der Waals surface area contributed by atoms with Crippen LogP contribution in [0.2, 0.25) is 0 Å². The fourth-order valence-electron chi connectivity index (χ4n) is 1.86. The standard InChI is InChI=1S/C11H17N3O4S/c1-2-3-4-7-9(14-12)6-5-8(11(15)16)10(7)19(13,17)18/h5-6,14H,2-4,12H2,1H3,(H,15,16)(H2,13,17,18). The van der Waals surface area contributed by atoms with Crippen LogP contribution in [0.15, 0.2) is 17.0 Å². The first-order valence-electron chi connectivity index (χ1n) is 5.71. The van der Waals surface area contributed by atoms with E-state index in [0.717, 1.165) is 6.42 Å². The fourth-order valence-corrected chi connectivity index (χ4v) is 2.88. The van der Waals surface area contributed by atoms with Crippen LogP contribution in [0.5, 0.6) is 0 Å². The number of primary sulfonamides is 1. The molecule has 0 spiro atoms. The smallest absolute Gasteiger partial charge is 0.337 e. The van der Waals surface area contributed by atoms with E-state index in [1.54, 1.807) is 0 Å². The highest BCUT2D eigenvalue weighted by Crippen LogP contribution is 2.28. The molecule has 7 nitrogen and oxygen atoms in total. The number of carboxylic acid groups (broad SMARTS) is 1. The molecule has 0 aliphatic rings. The quantitative estimate of drug-likeness (QED) is 0.448. The van der Waals surface area contributed by atoms with E-state index in [0.29, 0.717) is 24.1 Å². The Morgan fingerprint density at radius 2 is 2.05 bits per heavy atom. The second-order valence-corrected chi connectivity index (χ2v) is 5.56. The van der Waals surface area contributed by atoms with Gasteiger partial charge in [0.25, 0.3) is 0 Å². The van der Waals surface area contributed by atoms with Crippen LogP contribution in [-0.2, 0) is 16.4 Å². The topological polar surface area (TPSA) is 136 Å². The molecular weight excluding hydrogens is 270 g/mol. The van der Waals surface area contributed by atoms with Gasteiger partial charge in [-0.25, -0.2) is 18.4 Å². The number of rotatable bonds is 6. The van der Waals surface area contributed by atoms with Gasteiger partial charge in [0.2, 0.25) is 10.0 Å². The second kappa shape index (κ2) is 6.00. The summed E-state index contributed by atoms with van der Waals surface area (Å²) in [6.45, 7) is 1.94. The highest BCUT2D eigenvalue weighted by Gasteiger charge is 2.25. The molecule has 6 N–H and O–H groups in total. The molecule has 1 aromatic carbocycles. The van der Waals surface area contributed by atoms with Gasteiger partial charge in [0.05, 0.1) is 11.3 Å². The number of anilines is 1. The van der Waals surface area contributed by atoms with Gasteiger partial charge in [-0.3, -0.25) is 5.84 Å². The molecule has 0 bridgehead atoms. The van der Waals surface area contributed by atoms with Crippen molar-refractivity contribution in [1.29, 1.82) is 0 Å². The lowest BCUT2D eigenvalue weighted by Gasteiger charge is -2.15. The zero-order valence-electron chi connectivity index (χ0n) is 10.5. The van der Waals surface area contributed by atoms with E-state index < -0.39 is 16.0 Å². The van der Waals surface area contributed by atoms with Gasteiger partial charge in [-0.2, -0.15) is 0 Å². The van der Waals surface area contributed by atoms with Crippen LogP contribution < -0.4 is 16.4 Å². The third-order valence-corrected chi connectivity index (χ3v) is 3.75. The van der Waals surface area contributed by atoms with E-state index in [-0.39, 0.29) is 10.5 Å². The molecular formula is C11H17N3O4S. The summed E-state index contributed by atoms with van der Waals surface area (Å²) in [7, 11) is -4.15. The van der Waals surface area contributed by atoms with Gasteiger partial charge in [0, 0.05) is 0 Å². The van der Waals surface area contributed by atoms with Gasteiger partial charge in [-0.05, 0) is 30.5 Å². The molecule has 0 aromatic heterocycles. The summed E-state index contributed by atoms with van der Waals surface area (Å²) >= 11 is 0. The minimum absolute atomic E-state index is 0.312. The summed E-state index contributed by atoms with van der Waals surface area (Å²) in [5, 5.41) is 14.2. The maximum atomic E-state index is 11.7.